The number of piperidine rings is 1. The summed E-state index contributed by atoms with van der Waals surface area (Å²) >= 11 is 0. The summed E-state index contributed by atoms with van der Waals surface area (Å²) in [6, 6.07) is 2.63. The Kier molecular flexibility index (Phi) is 7.42. The van der Waals surface area contributed by atoms with Crippen molar-refractivity contribution in [2.45, 2.75) is 84.6 Å². The summed E-state index contributed by atoms with van der Waals surface area (Å²) in [4.78, 5) is 29.7. The number of nitrogens with zero attached hydrogens (tertiary/aromatic N) is 3. The lowest BCUT2D eigenvalue weighted by Crippen LogP contribution is -2.43. The first-order chi connectivity index (χ1) is 13.9. The van der Waals surface area contributed by atoms with Crippen LogP contribution in [0.5, 0.6) is 0 Å². The van der Waals surface area contributed by atoms with Gasteiger partial charge in [0, 0.05) is 50.0 Å². The van der Waals surface area contributed by atoms with Gasteiger partial charge in [-0.25, -0.2) is 0 Å². The van der Waals surface area contributed by atoms with Crippen LogP contribution in [0.1, 0.15) is 92.5 Å². The van der Waals surface area contributed by atoms with Crippen LogP contribution in [0.3, 0.4) is 0 Å². The molecule has 1 saturated heterocycles. The number of aromatic nitrogens is 1. The molecule has 162 valence electrons. The number of rotatable bonds is 6. The molecule has 2 amide bonds. The van der Waals surface area contributed by atoms with E-state index in [0.717, 1.165) is 43.5 Å². The first-order valence-electron chi connectivity index (χ1n) is 11.7. The molecular weight excluding hydrogens is 362 g/mol. The van der Waals surface area contributed by atoms with Crippen molar-refractivity contribution in [3.8, 4) is 0 Å². The van der Waals surface area contributed by atoms with Crippen molar-refractivity contribution >= 4 is 11.8 Å². The standard InChI is InChI=1S/C24H39N3O2/c1-5-6-14-25(4)23(28)20-12-15-26(16-13-20)24(29)22-17-18(2)27(19(22)3)21-10-8-7-9-11-21/h17,20-21H,5-16H2,1-4H3. The fourth-order valence-electron chi connectivity index (χ4n) is 5.21. The summed E-state index contributed by atoms with van der Waals surface area (Å²) in [5, 5.41) is 0. The van der Waals surface area contributed by atoms with Crippen molar-refractivity contribution in [2.75, 3.05) is 26.7 Å². The highest BCUT2D eigenvalue weighted by Crippen LogP contribution is 2.33. The number of carbonyl (C=O) groups excluding carboxylic acids is 2. The predicted molar refractivity (Wildman–Crippen MR) is 117 cm³/mol. The highest BCUT2D eigenvalue weighted by Gasteiger charge is 2.31. The normalized spacial score (nSPS) is 18.8. The fraction of sp³-hybridized carbons (Fsp3) is 0.750. The van der Waals surface area contributed by atoms with E-state index < -0.39 is 0 Å². The van der Waals surface area contributed by atoms with E-state index in [1.165, 1.54) is 37.8 Å². The molecule has 1 saturated carbocycles. The molecule has 0 atom stereocenters. The molecule has 0 N–H and O–H groups in total. The van der Waals surface area contributed by atoms with Crippen LogP contribution in [-0.2, 0) is 4.79 Å². The SMILES string of the molecule is CCCCN(C)C(=O)C1CCN(C(=O)c2cc(C)n(C3CCCCC3)c2C)CC1. The van der Waals surface area contributed by atoms with Crippen molar-refractivity contribution in [3.63, 3.8) is 0 Å². The highest BCUT2D eigenvalue weighted by molar-refractivity contribution is 5.96. The molecule has 2 aliphatic rings. The number of hydrogen-bond acceptors (Lipinski definition) is 2. The number of hydrogen-bond donors (Lipinski definition) is 0. The van der Waals surface area contributed by atoms with Gasteiger partial charge in [0.05, 0.1) is 5.56 Å². The molecule has 1 aromatic heterocycles. The third-order valence-electron chi connectivity index (χ3n) is 7.01. The Morgan fingerprint density at radius 2 is 1.72 bits per heavy atom. The molecule has 2 heterocycles. The van der Waals surface area contributed by atoms with E-state index in [9.17, 15) is 9.59 Å². The van der Waals surface area contributed by atoms with Gasteiger partial charge in [-0.05, 0) is 52.0 Å². The summed E-state index contributed by atoms with van der Waals surface area (Å²) in [5.74, 6) is 0.460. The Labute approximate surface area is 176 Å². The molecule has 0 unspecified atom stereocenters. The third-order valence-corrected chi connectivity index (χ3v) is 7.01. The quantitative estimate of drug-likeness (QED) is 0.692. The molecule has 3 rings (SSSR count). The predicted octanol–water partition coefficient (Wildman–Crippen LogP) is 4.72. The van der Waals surface area contributed by atoms with Crippen LogP contribution in [0.4, 0.5) is 0 Å². The number of amides is 2. The van der Waals surface area contributed by atoms with Gasteiger partial charge in [-0.3, -0.25) is 9.59 Å². The first kappa shape index (κ1) is 21.9. The zero-order chi connectivity index (χ0) is 21.0. The highest BCUT2D eigenvalue weighted by atomic mass is 16.2. The van der Waals surface area contributed by atoms with E-state index in [-0.39, 0.29) is 17.7 Å². The van der Waals surface area contributed by atoms with E-state index in [1.54, 1.807) is 0 Å². The second-order valence-corrected chi connectivity index (χ2v) is 9.13. The molecule has 29 heavy (non-hydrogen) atoms. The van der Waals surface area contributed by atoms with Gasteiger partial charge in [-0.15, -0.1) is 0 Å². The smallest absolute Gasteiger partial charge is 0.255 e. The average Bonchev–Trinajstić information content (AvgIpc) is 3.05. The van der Waals surface area contributed by atoms with Crippen molar-refractivity contribution < 1.29 is 9.59 Å². The Bertz CT molecular complexity index is 710. The molecule has 0 bridgehead atoms. The Morgan fingerprint density at radius 1 is 1.07 bits per heavy atom. The molecule has 0 radical (unpaired) electrons. The van der Waals surface area contributed by atoms with Crippen LogP contribution in [0.15, 0.2) is 6.07 Å². The minimum atomic E-state index is 0.0653. The van der Waals surface area contributed by atoms with Gasteiger partial charge in [0.15, 0.2) is 0 Å². The summed E-state index contributed by atoms with van der Waals surface area (Å²) < 4.78 is 2.41. The third kappa shape index (κ3) is 4.87. The Morgan fingerprint density at radius 3 is 2.34 bits per heavy atom. The largest absolute Gasteiger partial charge is 0.346 e. The zero-order valence-corrected chi connectivity index (χ0v) is 18.9. The zero-order valence-electron chi connectivity index (χ0n) is 18.9. The van der Waals surface area contributed by atoms with Gasteiger partial charge < -0.3 is 14.4 Å². The van der Waals surface area contributed by atoms with Crippen molar-refractivity contribution in [3.05, 3.63) is 23.0 Å². The minimum absolute atomic E-state index is 0.0653. The summed E-state index contributed by atoms with van der Waals surface area (Å²) in [6.07, 6.45) is 10.1. The van der Waals surface area contributed by atoms with Crippen LogP contribution in [0, 0.1) is 19.8 Å². The summed E-state index contributed by atoms with van der Waals surface area (Å²) in [5.41, 5.74) is 3.19. The van der Waals surface area contributed by atoms with Crippen LogP contribution in [0.25, 0.3) is 0 Å². The average molecular weight is 402 g/mol. The van der Waals surface area contributed by atoms with Gasteiger partial charge in [0.1, 0.15) is 0 Å². The van der Waals surface area contributed by atoms with Crippen molar-refractivity contribution in [1.82, 2.24) is 14.4 Å². The lowest BCUT2D eigenvalue weighted by Gasteiger charge is -2.33. The van der Waals surface area contributed by atoms with E-state index in [0.29, 0.717) is 19.1 Å². The second kappa shape index (κ2) is 9.82. The first-order valence-corrected chi connectivity index (χ1v) is 11.7. The van der Waals surface area contributed by atoms with Crippen LogP contribution >= 0.6 is 0 Å². The Balaban J connectivity index is 1.62. The van der Waals surface area contributed by atoms with Gasteiger partial charge in [0.25, 0.3) is 5.91 Å². The Hall–Kier alpha value is -1.78. The number of carbonyl (C=O) groups is 2. The molecule has 0 aromatic carbocycles. The molecule has 1 aliphatic heterocycles. The lowest BCUT2D eigenvalue weighted by atomic mass is 9.94. The summed E-state index contributed by atoms with van der Waals surface area (Å²) in [6.45, 7) is 8.59. The second-order valence-electron chi connectivity index (χ2n) is 9.13. The van der Waals surface area contributed by atoms with Crippen molar-refractivity contribution in [2.24, 2.45) is 5.92 Å². The summed E-state index contributed by atoms with van der Waals surface area (Å²) in [7, 11) is 1.91. The monoisotopic (exact) mass is 401 g/mol. The molecule has 5 nitrogen and oxygen atoms in total. The maximum atomic E-state index is 13.2. The molecule has 0 spiro atoms. The topological polar surface area (TPSA) is 45.6 Å². The molecule has 5 heteroatoms. The van der Waals surface area contributed by atoms with Gasteiger partial charge in [0.2, 0.25) is 5.91 Å². The van der Waals surface area contributed by atoms with Crippen LogP contribution in [0.2, 0.25) is 0 Å². The van der Waals surface area contributed by atoms with E-state index in [1.807, 2.05) is 16.8 Å². The fourth-order valence-corrected chi connectivity index (χ4v) is 5.21. The van der Waals surface area contributed by atoms with Crippen molar-refractivity contribution in [1.29, 1.82) is 0 Å². The van der Waals surface area contributed by atoms with Crippen LogP contribution < -0.4 is 0 Å². The van der Waals surface area contributed by atoms with Gasteiger partial charge in [-0.2, -0.15) is 0 Å². The van der Waals surface area contributed by atoms with E-state index in [2.05, 4.69) is 31.4 Å². The number of aryl methyl sites for hydroxylation is 1. The lowest BCUT2D eigenvalue weighted by molar-refractivity contribution is -0.135. The van der Waals surface area contributed by atoms with Crippen LogP contribution in [-0.4, -0.2) is 52.9 Å². The molecule has 1 aliphatic carbocycles. The van der Waals surface area contributed by atoms with Gasteiger partial charge >= 0.3 is 0 Å². The molecular formula is C24H39N3O2. The number of likely N-dealkylation sites (tertiary alicyclic amines) is 1. The minimum Gasteiger partial charge on any atom is -0.346 e. The molecule has 1 aromatic rings. The maximum absolute atomic E-state index is 13.2. The maximum Gasteiger partial charge on any atom is 0.255 e. The number of unbranched alkanes of at least 4 members (excludes halogenated alkanes) is 1. The van der Waals surface area contributed by atoms with E-state index >= 15 is 0 Å². The molecule has 2 fully saturated rings. The van der Waals surface area contributed by atoms with Gasteiger partial charge in [-0.1, -0.05) is 32.6 Å². The van der Waals surface area contributed by atoms with E-state index in [4.69, 9.17) is 0 Å².